The first-order valence-electron chi connectivity index (χ1n) is 10.3. The minimum atomic E-state index is -0.499. The normalized spacial score (nSPS) is 14.4. The molecule has 0 saturated heterocycles. The van der Waals surface area contributed by atoms with Crippen molar-refractivity contribution >= 4 is 34.6 Å². The summed E-state index contributed by atoms with van der Waals surface area (Å²) in [7, 11) is 0. The predicted octanol–water partition coefficient (Wildman–Crippen LogP) is 4.35. The fraction of sp³-hybridized carbons (Fsp3) is 0.348. The third kappa shape index (κ3) is 5.14. The van der Waals surface area contributed by atoms with Gasteiger partial charge in [-0.1, -0.05) is 6.08 Å². The van der Waals surface area contributed by atoms with Gasteiger partial charge in [-0.05, 0) is 62.6 Å². The molecular formula is C23H26N4O3S. The standard InChI is InChI=1S/C23H26N4O3S/c1-23(2,3)30-22(29)27-11-7-17(8-12-27)18-4-5-19(31-18)21(28)25-15-16-6-10-26-13-9-24-20(26)14-16/h4-7,9-10,13-14H,8,11-12,15H2,1-3H3,(H,25,28). The second-order valence-electron chi connectivity index (χ2n) is 8.48. The van der Waals surface area contributed by atoms with Crippen LogP contribution in [0.1, 0.15) is 47.3 Å². The summed E-state index contributed by atoms with van der Waals surface area (Å²) in [5.41, 5.74) is 2.52. The number of nitrogens with one attached hydrogen (secondary N) is 1. The molecule has 0 aromatic carbocycles. The maximum absolute atomic E-state index is 12.6. The van der Waals surface area contributed by atoms with Crippen LogP contribution in [-0.4, -0.2) is 45.0 Å². The quantitative estimate of drug-likeness (QED) is 0.657. The fourth-order valence-electron chi connectivity index (χ4n) is 3.35. The largest absolute Gasteiger partial charge is 0.444 e. The average molecular weight is 439 g/mol. The first kappa shape index (κ1) is 21.1. The van der Waals surface area contributed by atoms with Gasteiger partial charge < -0.3 is 19.4 Å². The Hall–Kier alpha value is -3.13. The molecule has 0 spiro atoms. The molecule has 3 aromatic rings. The Kier molecular flexibility index (Phi) is 5.82. The van der Waals surface area contributed by atoms with Crippen LogP contribution in [0, 0.1) is 0 Å². The first-order chi connectivity index (χ1) is 14.8. The SMILES string of the molecule is CC(C)(C)OC(=O)N1CC=C(c2ccc(C(=O)NCc3ccn4ccnc4c3)s2)CC1. The molecule has 1 N–H and O–H groups in total. The van der Waals surface area contributed by atoms with Gasteiger partial charge in [0.1, 0.15) is 11.2 Å². The molecule has 0 aliphatic carbocycles. The van der Waals surface area contributed by atoms with Gasteiger partial charge in [-0.3, -0.25) is 4.79 Å². The molecule has 7 nitrogen and oxygen atoms in total. The summed E-state index contributed by atoms with van der Waals surface area (Å²) in [4.78, 5) is 32.5. The van der Waals surface area contributed by atoms with Crippen molar-refractivity contribution in [3.63, 3.8) is 0 Å². The van der Waals surface area contributed by atoms with Crippen LogP contribution in [0.4, 0.5) is 4.79 Å². The summed E-state index contributed by atoms with van der Waals surface area (Å²) in [6.07, 6.45) is 8.06. The zero-order chi connectivity index (χ0) is 22.0. The molecule has 0 atom stereocenters. The van der Waals surface area contributed by atoms with Crippen LogP contribution in [0.3, 0.4) is 0 Å². The van der Waals surface area contributed by atoms with Gasteiger partial charge in [0, 0.05) is 43.1 Å². The fourth-order valence-corrected chi connectivity index (χ4v) is 4.34. The van der Waals surface area contributed by atoms with Crippen LogP contribution < -0.4 is 5.32 Å². The number of fused-ring (bicyclic) bond motifs is 1. The molecule has 1 aliphatic rings. The molecule has 162 valence electrons. The number of thiophene rings is 1. The summed E-state index contributed by atoms with van der Waals surface area (Å²) in [6.45, 7) is 7.16. The molecule has 0 radical (unpaired) electrons. The van der Waals surface area contributed by atoms with Crippen LogP contribution in [0.5, 0.6) is 0 Å². The van der Waals surface area contributed by atoms with Gasteiger partial charge in [0.2, 0.25) is 0 Å². The Bertz CT molecular complexity index is 1140. The number of carbonyl (C=O) groups excluding carboxylic acids is 2. The monoisotopic (exact) mass is 438 g/mol. The molecule has 4 heterocycles. The Labute approximate surface area is 185 Å². The molecule has 8 heteroatoms. The lowest BCUT2D eigenvalue weighted by Crippen LogP contribution is -2.39. The van der Waals surface area contributed by atoms with Crippen molar-refractivity contribution < 1.29 is 14.3 Å². The van der Waals surface area contributed by atoms with Gasteiger partial charge in [0.25, 0.3) is 5.91 Å². The Morgan fingerprint density at radius 3 is 2.81 bits per heavy atom. The minimum Gasteiger partial charge on any atom is -0.444 e. The number of imidazole rings is 1. The van der Waals surface area contributed by atoms with E-state index in [0.29, 0.717) is 24.5 Å². The smallest absolute Gasteiger partial charge is 0.410 e. The number of ether oxygens (including phenoxy) is 1. The van der Waals surface area contributed by atoms with E-state index in [1.54, 1.807) is 11.1 Å². The lowest BCUT2D eigenvalue weighted by molar-refractivity contribution is 0.0270. The van der Waals surface area contributed by atoms with Crippen molar-refractivity contribution in [3.05, 3.63) is 64.2 Å². The molecule has 0 bridgehead atoms. The molecule has 3 aromatic heterocycles. The third-order valence-electron chi connectivity index (χ3n) is 4.92. The van der Waals surface area contributed by atoms with Crippen molar-refractivity contribution in [1.82, 2.24) is 19.6 Å². The lowest BCUT2D eigenvalue weighted by atomic mass is 10.1. The lowest BCUT2D eigenvalue weighted by Gasteiger charge is -2.29. The summed E-state index contributed by atoms with van der Waals surface area (Å²) in [5, 5.41) is 2.98. The number of amides is 2. The zero-order valence-electron chi connectivity index (χ0n) is 17.9. The molecule has 0 saturated carbocycles. The molecule has 31 heavy (non-hydrogen) atoms. The molecule has 0 unspecified atom stereocenters. The molecule has 4 rings (SSSR count). The highest BCUT2D eigenvalue weighted by molar-refractivity contribution is 7.15. The van der Waals surface area contributed by atoms with E-state index in [2.05, 4.69) is 10.3 Å². The second-order valence-corrected chi connectivity index (χ2v) is 9.56. The average Bonchev–Trinajstić information content (AvgIpc) is 3.40. The van der Waals surface area contributed by atoms with Gasteiger partial charge in [-0.2, -0.15) is 0 Å². The van der Waals surface area contributed by atoms with Crippen LogP contribution >= 0.6 is 11.3 Å². The molecular weight excluding hydrogens is 412 g/mol. The number of rotatable bonds is 4. The minimum absolute atomic E-state index is 0.0914. The van der Waals surface area contributed by atoms with Crippen molar-refractivity contribution in [1.29, 1.82) is 0 Å². The molecule has 0 fully saturated rings. The van der Waals surface area contributed by atoms with E-state index < -0.39 is 5.60 Å². The van der Waals surface area contributed by atoms with Crippen molar-refractivity contribution in [3.8, 4) is 0 Å². The number of hydrogen-bond donors (Lipinski definition) is 1. The van der Waals surface area contributed by atoms with Gasteiger partial charge in [-0.25, -0.2) is 9.78 Å². The molecule has 2 amide bonds. The van der Waals surface area contributed by atoms with Gasteiger partial charge >= 0.3 is 6.09 Å². The van der Waals surface area contributed by atoms with E-state index >= 15 is 0 Å². The predicted molar refractivity (Wildman–Crippen MR) is 121 cm³/mol. The zero-order valence-corrected chi connectivity index (χ0v) is 18.7. The Morgan fingerprint density at radius 1 is 1.23 bits per heavy atom. The number of nitrogens with zero attached hydrogens (tertiary/aromatic N) is 3. The van der Waals surface area contributed by atoms with Crippen molar-refractivity contribution in [2.45, 2.75) is 39.3 Å². The summed E-state index contributed by atoms with van der Waals surface area (Å²) in [6, 6.07) is 7.76. The maximum Gasteiger partial charge on any atom is 0.410 e. The van der Waals surface area contributed by atoms with Gasteiger partial charge in [-0.15, -0.1) is 11.3 Å². The maximum atomic E-state index is 12.6. The summed E-state index contributed by atoms with van der Waals surface area (Å²) in [5.74, 6) is -0.0914. The number of pyridine rings is 1. The molecule has 1 aliphatic heterocycles. The summed E-state index contributed by atoms with van der Waals surface area (Å²) < 4.78 is 7.37. The van der Waals surface area contributed by atoms with Gasteiger partial charge in [0.05, 0.1) is 4.88 Å². The van der Waals surface area contributed by atoms with Crippen molar-refractivity contribution in [2.24, 2.45) is 0 Å². The van der Waals surface area contributed by atoms with Crippen LogP contribution in [-0.2, 0) is 11.3 Å². The number of aromatic nitrogens is 2. The topological polar surface area (TPSA) is 75.9 Å². The Balaban J connectivity index is 1.34. The highest BCUT2D eigenvalue weighted by Crippen LogP contribution is 2.29. The highest BCUT2D eigenvalue weighted by atomic mass is 32.1. The first-order valence-corrected chi connectivity index (χ1v) is 11.1. The van der Waals surface area contributed by atoms with Crippen LogP contribution in [0.15, 0.2) is 48.9 Å². The van der Waals surface area contributed by atoms with E-state index in [0.717, 1.165) is 28.1 Å². The van der Waals surface area contributed by atoms with Crippen LogP contribution in [0.2, 0.25) is 0 Å². The van der Waals surface area contributed by atoms with E-state index in [-0.39, 0.29) is 12.0 Å². The van der Waals surface area contributed by atoms with Gasteiger partial charge in [0.15, 0.2) is 0 Å². The van der Waals surface area contributed by atoms with E-state index in [9.17, 15) is 9.59 Å². The number of carbonyl (C=O) groups is 2. The second kappa shape index (κ2) is 8.55. The third-order valence-corrected chi connectivity index (χ3v) is 6.08. The van der Waals surface area contributed by atoms with Crippen LogP contribution in [0.25, 0.3) is 11.2 Å². The highest BCUT2D eigenvalue weighted by Gasteiger charge is 2.24. The Morgan fingerprint density at radius 2 is 2.06 bits per heavy atom. The number of hydrogen-bond acceptors (Lipinski definition) is 5. The van der Waals surface area contributed by atoms with E-state index in [1.807, 2.05) is 67.9 Å². The van der Waals surface area contributed by atoms with Crippen molar-refractivity contribution in [2.75, 3.05) is 13.1 Å². The summed E-state index contributed by atoms with van der Waals surface area (Å²) >= 11 is 1.47. The van der Waals surface area contributed by atoms with E-state index in [4.69, 9.17) is 4.74 Å². The van der Waals surface area contributed by atoms with E-state index in [1.165, 1.54) is 11.3 Å².